The standard InChI is InChI=1S/C19H29ClN6/c1-14(2)12-18(19-21-22-23-26(19)15(3)4)25-10-8-24(9-11-25)17-7-5-6-16(20)13-17/h5-7,13-15,18H,8-12H2,1-4H3/t18-/m1/s1. The summed E-state index contributed by atoms with van der Waals surface area (Å²) in [4.78, 5) is 4.94. The fourth-order valence-corrected chi connectivity index (χ4v) is 3.80. The number of benzene rings is 1. The second kappa shape index (κ2) is 8.35. The minimum Gasteiger partial charge on any atom is -0.369 e. The topological polar surface area (TPSA) is 50.1 Å². The molecular weight excluding hydrogens is 348 g/mol. The maximum Gasteiger partial charge on any atom is 0.168 e. The van der Waals surface area contributed by atoms with Crippen LogP contribution in [0, 0.1) is 5.92 Å². The molecule has 0 N–H and O–H groups in total. The molecule has 1 fully saturated rings. The SMILES string of the molecule is CC(C)C[C@H](c1nnnn1C(C)C)N1CCN(c2cccc(Cl)c2)CC1. The Morgan fingerprint density at radius 3 is 2.42 bits per heavy atom. The molecule has 1 aromatic carbocycles. The van der Waals surface area contributed by atoms with Crippen molar-refractivity contribution in [3.8, 4) is 0 Å². The first kappa shape index (κ1) is 19.1. The minimum absolute atomic E-state index is 0.258. The zero-order valence-corrected chi connectivity index (χ0v) is 16.9. The summed E-state index contributed by atoms with van der Waals surface area (Å²) in [5, 5.41) is 13.3. The van der Waals surface area contributed by atoms with E-state index in [4.69, 9.17) is 11.6 Å². The first-order chi connectivity index (χ1) is 12.5. The lowest BCUT2D eigenvalue weighted by molar-refractivity contribution is 0.151. The van der Waals surface area contributed by atoms with Gasteiger partial charge in [-0.3, -0.25) is 4.90 Å². The Balaban J connectivity index is 1.74. The second-order valence-corrected chi connectivity index (χ2v) is 8.16. The number of rotatable bonds is 6. The Hall–Kier alpha value is -1.66. The molecule has 1 aliphatic heterocycles. The van der Waals surface area contributed by atoms with Crippen molar-refractivity contribution in [1.29, 1.82) is 0 Å². The summed E-state index contributed by atoms with van der Waals surface area (Å²) in [6.45, 7) is 12.7. The van der Waals surface area contributed by atoms with Gasteiger partial charge in [0, 0.05) is 36.9 Å². The number of hydrogen-bond acceptors (Lipinski definition) is 5. The Bertz CT molecular complexity index is 706. The molecule has 0 radical (unpaired) electrons. The quantitative estimate of drug-likeness (QED) is 0.767. The molecular formula is C19H29ClN6. The molecule has 7 heteroatoms. The summed E-state index contributed by atoms with van der Waals surface area (Å²) in [6.07, 6.45) is 1.06. The van der Waals surface area contributed by atoms with E-state index < -0.39 is 0 Å². The lowest BCUT2D eigenvalue weighted by atomic mass is 10.0. The summed E-state index contributed by atoms with van der Waals surface area (Å²) >= 11 is 6.15. The zero-order valence-electron chi connectivity index (χ0n) is 16.1. The predicted octanol–water partition coefficient (Wildman–Crippen LogP) is 3.82. The molecule has 0 spiro atoms. The summed E-state index contributed by atoms with van der Waals surface area (Å²) in [5.41, 5.74) is 1.20. The van der Waals surface area contributed by atoms with Crippen LogP contribution in [0.3, 0.4) is 0 Å². The van der Waals surface area contributed by atoms with Gasteiger partial charge in [-0.2, -0.15) is 0 Å². The monoisotopic (exact) mass is 376 g/mol. The Labute approximate surface area is 161 Å². The minimum atomic E-state index is 0.258. The smallest absolute Gasteiger partial charge is 0.168 e. The van der Waals surface area contributed by atoms with E-state index in [0.717, 1.165) is 43.4 Å². The number of halogens is 1. The third-order valence-corrected chi connectivity index (χ3v) is 5.16. The van der Waals surface area contributed by atoms with Crippen molar-refractivity contribution in [3.63, 3.8) is 0 Å². The van der Waals surface area contributed by atoms with Crippen molar-refractivity contribution >= 4 is 17.3 Å². The van der Waals surface area contributed by atoms with E-state index >= 15 is 0 Å². The summed E-state index contributed by atoms with van der Waals surface area (Å²) in [5.74, 6) is 1.58. The van der Waals surface area contributed by atoms with E-state index in [1.807, 2.05) is 22.9 Å². The molecule has 1 atom stereocenters. The van der Waals surface area contributed by atoms with Gasteiger partial charge in [0.15, 0.2) is 5.82 Å². The van der Waals surface area contributed by atoms with Crippen LogP contribution in [-0.2, 0) is 0 Å². The van der Waals surface area contributed by atoms with Crippen LogP contribution in [0.4, 0.5) is 5.69 Å². The molecule has 2 aromatic rings. The highest BCUT2D eigenvalue weighted by molar-refractivity contribution is 6.30. The van der Waals surface area contributed by atoms with Gasteiger partial charge >= 0.3 is 0 Å². The van der Waals surface area contributed by atoms with E-state index in [0.29, 0.717) is 5.92 Å². The first-order valence-corrected chi connectivity index (χ1v) is 9.86. The highest BCUT2D eigenvalue weighted by atomic mass is 35.5. The van der Waals surface area contributed by atoms with E-state index in [1.165, 1.54) is 5.69 Å². The highest BCUT2D eigenvalue weighted by Gasteiger charge is 2.30. The number of aromatic nitrogens is 4. The molecule has 1 saturated heterocycles. The van der Waals surface area contributed by atoms with Gasteiger partial charge in [0.25, 0.3) is 0 Å². The molecule has 2 heterocycles. The summed E-state index contributed by atoms with van der Waals surface area (Å²) < 4.78 is 1.97. The van der Waals surface area contributed by atoms with Gasteiger partial charge in [0.05, 0.1) is 12.1 Å². The molecule has 3 rings (SSSR count). The first-order valence-electron chi connectivity index (χ1n) is 9.48. The van der Waals surface area contributed by atoms with Gasteiger partial charge in [-0.25, -0.2) is 4.68 Å². The van der Waals surface area contributed by atoms with Gasteiger partial charge in [0.2, 0.25) is 0 Å². The molecule has 0 unspecified atom stereocenters. The lowest BCUT2D eigenvalue weighted by Crippen LogP contribution is -2.48. The van der Waals surface area contributed by atoms with Crippen LogP contribution in [-0.4, -0.2) is 51.3 Å². The molecule has 142 valence electrons. The molecule has 1 aromatic heterocycles. The summed E-state index contributed by atoms with van der Waals surface area (Å²) in [6, 6.07) is 8.64. The number of anilines is 1. The second-order valence-electron chi connectivity index (χ2n) is 7.72. The average molecular weight is 377 g/mol. The van der Waals surface area contributed by atoms with Crippen molar-refractivity contribution in [2.24, 2.45) is 5.92 Å². The average Bonchev–Trinajstić information content (AvgIpc) is 3.09. The van der Waals surface area contributed by atoms with Crippen LogP contribution in [0.15, 0.2) is 24.3 Å². The predicted molar refractivity (Wildman–Crippen MR) is 106 cm³/mol. The summed E-state index contributed by atoms with van der Waals surface area (Å²) in [7, 11) is 0. The highest BCUT2D eigenvalue weighted by Crippen LogP contribution is 2.29. The van der Waals surface area contributed by atoms with E-state index in [-0.39, 0.29) is 12.1 Å². The maximum absolute atomic E-state index is 6.15. The van der Waals surface area contributed by atoms with Crippen molar-refractivity contribution in [1.82, 2.24) is 25.1 Å². The Morgan fingerprint density at radius 1 is 1.08 bits per heavy atom. The van der Waals surface area contributed by atoms with Crippen LogP contribution >= 0.6 is 11.6 Å². The normalized spacial score (nSPS) is 17.3. The molecule has 1 aliphatic rings. The fraction of sp³-hybridized carbons (Fsp3) is 0.632. The molecule has 0 aliphatic carbocycles. The van der Waals surface area contributed by atoms with E-state index in [2.05, 4.69) is 59.1 Å². The Kier molecular flexibility index (Phi) is 6.14. The van der Waals surface area contributed by atoms with Gasteiger partial charge in [-0.1, -0.05) is 31.5 Å². The zero-order chi connectivity index (χ0) is 18.7. The lowest BCUT2D eigenvalue weighted by Gasteiger charge is -2.40. The fourth-order valence-electron chi connectivity index (χ4n) is 3.62. The Morgan fingerprint density at radius 2 is 1.81 bits per heavy atom. The van der Waals surface area contributed by atoms with Gasteiger partial charge in [0.1, 0.15) is 0 Å². The molecule has 0 bridgehead atoms. The van der Waals surface area contributed by atoms with Crippen molar-refractivity contribution in [3.05, 3.63) is 35.1 Å². The number of tetrazole rings is 1. The number of hydrogen-bond donors (Lipinski definition) is 0. The van der Waals surface area contributed by atoms with Crippen LogP contribution in [0.2, 0.25) is 5.02 Å². The molecule has 6 nitrogen and oxygen atoms in total. The van der Waals surface area contributed by atoms with Crippen LogP contribution in [0.1, 0.15) is 52.0 Å². The molecule has 0 amide bonds. The molecule has 26 heavy (non-hydrogen) atoms. The maximum atomic E-state index is 6.15. The van der Waals surface area contributed by atoms with Crippen LogP contribution in [0.5, 0.6) is 0 Å². The third kappa shape index (κ3) is 4.35. The largest absolute Gasteiger partial charge is 0.369 e. The van der Waals surface area contributed by atoms with Crippen LogP contribution < -0.4 is 4.90 Å². The van der Waals surface area contributed by atoms with E-state index in [1.54, 1.807) is 0 Å². The number of piperazine rings is 1. The van der Waals surface area contributed by atoms with Crippen molar-refractivity contribution in [2.45, 2.75) is 46.2 Å². The van der Waals surface area contributed by atoms with E-state index in [9.17, 15) is 0 Å². The third-order valence-electron chi connectivity index (χ3n) is 4.93. The van der Waals surface area contributed by atoms with Gasteiger partial charge < -0.3 is 4.90 Å². The molecule has 0 saturated carbocycles. The number of nitrogens with zero attached hydrogens (tertiary/aromatic N) is 6. The van der Waals surface area contributed by atoms with Crippen LogP contribution in [0.25, 0.3) is 0 Å². The van der Waals surface area contributed by atoms with Gasteiger partial charge in [-0.05, 0) is 54.8 Å². The van der Waals surface area contributed by atoms with Gasteiger partial charge in [-0.15, -0.1) is 5.10 Å². The van der Waals surface area contributed by atoms with Crippen molar-refractivity contribution < 1.29 is 0 Å². The van der Waals surface area contributed by atoms with Crippen molar-refractivity contribution in [2.75, 3.05) is 31.1 Å².